The second kappa shape index (κ2) is 9.89. The van der Waals surface area contributed by atoms with Crippen LogP contribution in [-0.4, -0.2) is 63.1 Å². The summed E-state index contributed by atoms with van der Waals surface area (Å²) in [6, 6.07) is 5.53. The van der Waals surface area contributed by atoms with Gasteiger partial charge in [0, 0.05) is 57.6 Å². The van der Waals surface area contributed by atoms with E-state index in [9.17, 15) is 9.59 Å². The Kier molecular flexibility index (Phi) is 7.27. The molecule has 0 radical (unpaired) electrons. The van der Waals surface area contributed by atoms with Crippen molar-refractivity contribution in [3.05, 3.63) is 41.3 Å². The molecule has 3 rings (SSSR count). The molecular formula is C19H23ClN6O2S. The normalized spacial score (nSPS) is 16.6. The van der Waals surface area contributed by atoms with Crippen LogP contribution in [0.3, 0.4) is 0 Å². The van der Waals surface area contributed by atoms with Gasteiger partial charge in [-0.1, -0.05) is 29.4 Å². The molecule has 29 heavy (non-hydrogen) atoms. The van der Waals surface area contributed by atoms with E-state index in [2.05, 4.69) is 25.2 Å². The van der Waals surface area contributed by atoms with Gasteiger partial charge in [-0.25, -0.2) is 9.97 Å². The van der Waals surface area contributed by atoms with Crippen LogP contribution in [0.4, 0.5) is 5.82 Å². The van der Waals surface area contributed by atoms with Gasteiger partial charge >= 0.3 is 0 Å². The number of thioether (sulfide) groups is 1. The molecule has 1 unspecified atom stereocenters. The molecule has 0 spiro atoms. The minimum Gasteiger partial charge on any atom is -0.353 e. The third-order valence-corrected chi connectivity index (χ3v) is 5.60. The molecule has 0 bridgehead atoms. The van der Waals surface area contributed by atoms with Crippen LogP contribution in [-0.2, 0) is 16.1 Å². The smallest absolute Gasteiger partial charge is 0.230 e. The minimum atomic E-state index is -0.118. The minimum absolute atomic E-state index is 0.0754. The van der Waals surface area contributed by atoms with Crippen LogP contribution in [0.15, 0.2) is 35.7 Å². The molecule has 1 fully saturated rings. The summed E-state index contributed by atoms with van der Waals surface area (Å²) in [5.74, 6) is 0.853. The van der Waals surface area contributed by atoms with E-state index in [-0.39, 0.29) is 23.6 Å². The average Bonchev–Trinajstić information content (AvgIpc) is 2.70. The van der Waals surface area contributed by atoms with Crippen molar-refractivity contribution < 1.29 is 9.59 Å². The molecule has 2 aromatic rings. The zero-order chi connectivity index (χ0) is 20.8. The second-order valence-electron chi connectivity index (χ2n) is 6.77. The molecule has 3 heterocycles. The second-order valence-corrected chi connectivity index (χ2v) is 8.10. The van der Waals surface area contributed by atoms with Crippen molar-refractivity contribution in [1.82, 2.24) is 25.2 Å². The molecule has 2 aromatic heterocycles. The monoisotopic (exact) mass is 434 g/mol. The summed E-state index contributed by atoms with van der Waals surface area (Å²) >= 11 is 7.41. The van der Waals surface area contributed by atoms with E-state index in [4.69, 9.17) is 11.6 Å². The SMILES string of the molecule is CC(=O)N1CCN(c2cc(Cl)nc(SCC(=O)NCc3cccnc3)n2)CC1C. The van der Waals surface area contributed by atoms with Crippen LogP contribution in [0.2, 0.25) is 5.15 Å². The number of amides is 2. The Morgan fingerprint density at radius 2 is 2.17 bits per heavy atom. The number of pyridine rings is 1. The average molecular weight is 435 g/mol. The molecule has 1 aliphatic heterocycles. The van der Waals surface area contributed by atoms with Gasteiger partial charge in [0.25, 0.3) is 0 Å². The van der Waals surface area contributed by atoms with Gasteiger partial charge in [0.1, 0.15) is 11.0 Å². The number of rotatable bonds is 6. The Morgan fingerprint density at radius 3 is 2.86 bits per heavy atom. The van der Waals surface area contributed by atoms with E-state index >= 15 is 0 Å². The van der Waals surface area contributed by atoms with Crippen LogP contribution < -0.4 is 10.2 Å². The number of nitrogens with one attached hydrogen (secondary N) is 1. The predicted molar refractivity (Wildman–Crippen MR) is 113 cm³/mol. The van der Waals surface area contributed by atoms with Gasteiger partial charge in [0.15, 0.2) is 5.16 Å². The van der Waals surface area contributed by atoms with Gasteiger partial charge in [0.2, 0.25) is 11.8 Å². The molecule has 0 aliphatic carbocycles. The van der Waals surface area contributed by atoms with Gasteiger partial charge < -0.3 is 15.1 Å². The highest BCUT2D eigenvalue weighted by Gasteiger charge is 2.26. The lowest BCUT2D eigenvalue weighted by Gasteiger charge is -2.40. The number of aromatic nitrogens is 3. The van der Waals surface area contributed by atoms with E-state index in [1.807, 2.05) is 24.0 Å². The number of anilines is 1. The number of hydrogen-bond acceptors (Lipinski definition) is 7. The van der Waals surface area contributed by atoms with Crippen LogP contribution in [0.1, 0.15) is 19.4 Å². The summed E-state index contributed by atoms with van der Waals surface area (Å²) in [5.41, 5.74) is 0.936. The van der Waals surface area contributed by atoms with Crippen molar-refractivity contribution in [2.24, 2.45) is 0 Å². The third kappa shape index (κ3) is 6.04. The van der Waals surface area contributed by atoms with E-state index in [1.165, 1.54) is 11.8 Å². The van der Waals surface area contributed by atoms with Crippen molar-refractivity contribution >= 4 is 41.0 Å². The third-order valence-electron chi connectivity index (χ3n) is 4.56. The highest BCUT2D eigenvalue weighted by molar-refractivity contribution is 7.99. The first-order chi connectivity index (χ1) is 13.9. The van der Waals surface area contributed by atoms with Gasteiger partial charge in [-0.3, -0.25) is 14.6 Å². The first kappa shape index (κ1) is 21.3. The Balaban J connectivity index is 1.56. The Labute approximate surface area is 179 Å². The van der Waals surface area contributed by atoms with Crippen LogP contribution in [0.5, 0.6) is 0 Å². The van der Waals surface area contributed by atoms with Crippen LogP contribution in [0, 0.1) is 0 Å². The molecule has 154 valence electrons. The van der Waals surface area contributed by atoms with Crippen molar-refractivity contribution in [3.8, 4) is 0 Å². The predicted octanol–water partition coefficient (Wildman–Crippen LogP) is 1.99. The largest absolute Gasteiger partial charge is 0.353 e. The number of hydrogen-bond donors (Lipinski definition) is 1. The van der Waals surface area contributed by atoms with Gasteiger partial charge in [0.05, 0.1) is 5.75 Å². The fourth-order valence-corrected chi connectivity index (χ4v) is 4.04. The van der Waals surface area contributed by atoms with E-state index in [0.29, 0.717) is 42.3 Å². The zero-order valence-corrected chi connectivity index (χ0v) is 17.9. The summed E-state index contributed by atoms with van der Waals surface area (Å²) in [4.78, 5) is 40.5. The van der Waals surface area contributed by atoms with Crippen LogP contribution >= 0.6 is 23.4 Å². The van der Waals surface area contributed by atoms with Crippen molar-refractivity contribution in [1.29, 1.82) is 0 Å². The van der Waals surface area contributed by atoms with Gasteiger partial charge in [-0.2, -0.15) is 0 Å². The molecule has 10 heteroatoms. The summed E-state index contributed by atoms with van der Waals surface area (Å²) in [6.07, 6.45) is 3.41. The maximum atomic E-state index is 12.1. The van der Waals surface area contributed by atoms with E-state index in [1.54, 1.807) is 25.4 Å². The lowest BCUT2D eigenvalue weighted by atomic mass is 10.2. The number of carbonyl (C=O) groups is 2. The van der Waals surface area contributed by atoms with Crippen LogP contribution in [0.25, 0.3) is 0 Å². The lowest BCUT2D eigenvalue weighted by Crippen LogP contribution is -2.53. The molecule has 0 aromatic carbocycles. The standard InChI is InChI=1S/C19H23ClN6O2S/c1-13-11-25(6-7-26(13)14(2)27)17-8-16(20)23-19(24-17)29-12-18(28)22-10-15-4-3-5-21-9-15/h3-5,8-9,13H,6-7,10-12H2,1-2H3,(H,22,28). The number of nitrogens with zero attached hydrogens (tertiary/aromatic N) is 5. The molecule has 1 N–H and O–H groups in total. The van der Waals surface area contributed by atoms with Crippen molar-refractivity contribution in [3.63, 3.8) is 0 Å². The molecule has 1 saturated heterocycles. The van der Waals surface area contributed by atoms with Crippen molar-refractivity contribution in [2.75, 3.05) is 30.3 Å². The quantitative estimate of drug-likeness (QED) is 0.422. The first-order valence-corrected chi connectivity index (χ1v) is 10.6. The number of piperazine rings is 1. The topological polar surface area (TPSA) is 91.3 Å². The zero-order valence-electron chi connectivity index (χ0n) is 16.3. The fourth-order valence-electron chi connectivity index (χ4n) is 3.13. The summed E-state index contributed by atoms with van der Waals surface area (Å²) < 4.78 is 0. The number of carbonyl (C=O) groups excluding carboxylic acids is 2. The molecule has 1 atom stereocenters. The molecule has 8 nitrogen and oxygen atoms in total. The molecule has 1 aliphatic rings. The maximum Gasteiger partial charge on any atom is 0.230 e. The molecular weight excluding hydrogens is 412 g/mol. The molecule has 2 amide bonds. The first-order valence-electron chi connectivity index (χ1n) is 9.27. The maximum absolute atomic E-state index is 12.1. The summed E-state index contributed by atoms with van der Waals surface area (Å²) in [7, 11) is 0. The van der Waals surface area contributed by atoms with Gasteiger partial charge in [-0.15, -0.1) is 0 Å². The van der Waals surface area contributed by atoms with E-state index < -0.39 is 0 Å². The Morgan fingerprint density at radius 1 is 1.34 bits per heavy atom. The molecule has 0 saturated carbocycles. The lowest BCUT2D eigenvalue weighted by molar-refractivity contribution is -0.131. The summed E-state index contributed by atoms with van der Waals surface area (Å²) in [6.45, 7) is 6.00. The van der Waals surface area contributed by atoms with Crippen molar-refractivity contribution in [2.45, 2.75) is 31.6 Å². The number of halogens is 1. The highest BCUT2D eigenvalue weighted by atomic mass is 35.5. The van der Waals surface area contributed by atoms with E-state index in [0.717, 1.165) is 5.56 Å². The fraction of sp³-hybridized carbons (Fsp3) is 0.421. The summed E-state index contributed by atoms with van der Waals surface area (Å²) in [5, 5.41) is 3.63. The highest BCUT2D eigenvalue weighted by Crippen LogP contribution is 2.24. The Bertz CT molecular complexity index is 869. The van der Waals surface area contributed by atoms with Gasteiger partial charge in [-0.05, 0) is 18.6 Å². The Hall–Kier alpha value is -2.39.